The Hall–Kier alpha value is -3.02. The second-order valence-corrected chi connectivity index (χ2v) is 6.84. The van der Waals surface area contributed by atoms with Gasteiger partial charge in [0.1, 0.15) is 11.5 Å². The molecule has 2 aromatic heterocycles. The fourth-order valence-corrected chi connectivity index (χ4v) is 3.56. The van der Waals surface area contributed by atoms with Crippen LogP contribution in [0.2, 0.25) is 0 Å². The Labute approximate surface area is 158 Å². The van der Waals surface area contributed by atoms with Gasteiger partial charge in [-0.05, 0) is 37.1 Å². The molecular weight excluding hydrogens is 342 g/mol. The van der Waals surface area contributed by atoms with E-state index >= 15 is 0 Å². The number of fused-ring (bicyclic) bond motifs is 1. The van der Waals surface area contributed by atoms with E-state index < -0.39 is 0 Å². The van der Waals surface area contributed by atoms with Crippen molar-refractivity contribution in [2.24, 2.45) is 5.92 Å². The van der Waals surface area contributed by atoms with Gasteiger partial charge in [0.15, 0.2) is 0 Å². The van der Waals surface area contributed by atoms with Crippen molar-refractivity contribution < 1.29 is 14.3 Å². The monoisotopic (exact) mass is 365 g/mol. The van der Waals surface area contributed by atoms with Gasteiger partial charge < -0.3 is 14.4 Å². The van der Waals surface area contributed by atoms with E-state index in [-0.39, 0.29) is 5.91 Å². The van der Waals surface area contributed by atoms with Gasteiger partial charge in [-0.15, -0.1) is 0 Å². The van der Waals surface area contributed by atoms with Crippen LogP contribution in [-0.2, 0) is 0 Å². The molecule has 6 heteroatoms. The van der Waals surface area contributed by atoms with Crippen molar-refractivity contribution in [3.63, 3.8) is 0 Å². The zero-order chi connectivity index (χ0) is 18.6. The predicted molar refractivity (Wildman–Crippen MR) is 102 cm³/mol. The largest absolute Gasteiger partial charge is 0.497 e. The molecule has 1 aliphatic heterocycles. The number of benzene rings is 1. The summed E-state index contributed by atoms with van der Waals surface area (Å²) in [5.74, 6) is 1.93. The second-order valence-electron chi connectivity index (χ2n) is 6.84. The average molecular weight is 365 g/mol. The first-order chi connectivity index (χ1) is 13.2. The highest BCUT2D eigenvalue weighted by atomic mass is 16.5. The number of carbonyl (C=O) groups is 1. The quantitative estimate of drug-likeness (QED) is 0.696. The Bertz CT molecular complexity index is 937. The van der Waals surface area contributed by atoms with Crippen molar-refractivity contribution in [3.05, 3.63) is 60.4 Å². The standard InChI is InChI=1S/C21H23N3O3/c1-26-17-7-4-8-18(12-17)27-15-16-6-5-10-23(14-16)21(25)19-13-22-24-11-3-2-9-20(19)24/h2-4,7-9,11-13,16H,5-6,10,14-15H2,1H3. The molecule has 1 unspecified atom stereocenters. The number of hydrogen-bond acceptors (Lipinski definition) is 4. The number of piperidine rings is 1. The topological polar surface area (TPSA) is 56.1 Å². The molecule has 27 heavy (non-hydrogen) atoms. The van der Waals surface area contributed by atoms with E-state index in [0.717, 1.165) is 36.4 Å². The summed E-state index contributed by atoms with van der Waals surface area (Å²) in [7, 11) is 1.64. The van der Waals surface area contributed by atoms with Gasteiger partial charge in [-0.1, -0.05) is 12.1 Å². The number of likely N-dealkylation sites (tertiary alicyclic amines) is 1. The van der Waals surface area contributed by atoms with Gasteiger partial charge in [-0.25, -0.2) is 4.52 Å². The van der Waals surface area contributed by atoms with Crippen LogP contribution in [0.25, 0.3) is 5.52 Å². The van der Waals surface area contributed by atoms with Gasteiger partial charge in [0.25, 0.3) is 5.91 Å². The van der Waals surface area contributed by atoms with Crippen molar-refractivity contribution in [2.75, 3.05) is 26.8 Å². The molecule has 1 fully saturated rings. The zero-order valence-corrected chi connectivity index (χ0v) is 15.4. The molecular formula is C21H23N3O3. The summed E-state index contributed by atoms with van der Waals surface area (Å²) in [6.07, 6.45) is 5.56. The number of amides is 1. The molecule has 0 N–H and O–H groups in total. The van der Waals surface area contributed by atoms with E-state index in [9.17, 15) is 4.79 Å². The van der Waals surface area contributed by atoms with E-state index in [4.69, 9.17) is 9.47 Å². The number of nitrogens with zero attached hydrogens (tertiary/aromatic N) is 3. The van der Waals surface area contributed by atoms with Crippen LogP contribution in [0.4, 0.5) is 0 Å². The SMILES string of the molecule is COc1cccc(OCC2CCCN(C(=O)c3cnn4ccccc34)C2)c1. The number of ether oxygens (including phenoxy) is 2. The van der Waals surface area contributed by atoms with Crippen LogP contribution in [0.3, 0.4) is 0 Å². The summed E-state index contributed by atoms with van der Waals surface area (Å²) in [4.78, 5) is 14.9. The van der Waals surface area contributed by atoms with Gasteiger partial charge >= 0.3 is 0 Å². The Morgan fingerprint density at radius 3 is 3.00 bits per heavy atom. The number of hydrogen-bond donors (Lipinski definition) is 0. The average Bonchev–Trinajstić information content (AvgIpc) is 3.16. The number of pyridine rings is 1. The maximum absolute atomic E-state index is 13.0. The van der Waals surface area contributed by atoms with Crippen molar-refractivity contribution in [3.8, 4) is 11.5 Å². The summed E-state index contributed by atoms with van der Waals surface area (Å²) >= 11 is 0. The Kier molecular flexibility index (Phi) is 4.96. The molecule has 6 nitrogen and oxygen atoms in total. The van der Waals surface area contributed by atoms with Crippen molar-refractivity contribution >= 4 is 11.4 Å². The maximum Gasteiger partial charge on any atom is 0.257 e. The van der Waals surface area contributed by atoms with Crippen LogP contribution in [0.5, 0.6) is 11.5 Å². The van der Waals surface area contributed by atoms with Crippen molar-refractivity contribution in [2.45, 2.75) is 12.8 Å². The molecule has 140 valence electrons. The van der Waals surface area contributed by atoms with Crippen LogP contribution in [-0.4, -0.2) is 47.2 Å². The highest BCUT2D eigenvalue weighted by Crippen LogP contribution is 2.23. The third-order valence-electron chi connectivity index (χ3n) is 4.99. The molecule has 1 aliphatic rings. The highest BCUT2D eigenvalue weighted by Gasteiger charge is 2.26. The van der Waals surface area contributed by atoms with E-state index in [1.54, 1.807) is 17.8 Å². The van der Waals surface area contributed by atoms with Crippen molar-refractivity contribution in [1.29, 1.82) is 0 Å². The summed E-state index contributed by atoms with van der Waals surface area (Å²) in [6.45, 7) is 2.07. The highest BCUT2D eigenvalue weighted by molar-refractivity contribution is 6.00. The minimum atomic E-state index is 0.0438. The van der Waals surface area contributed by atoms with Crippen LogP contribution < -0.4 is 9.47 Å². The summed E-state index contributed by atoms with van der Waals surface area (Å²) < 4.78 is 12.9. The van der Waals surface area contributed by atoms with E-state index in [2.05, 4.69) is 5.10 Å². The summed E-state index contributed by atoms with van der Waals surface area (Å²) in [5, 5.41) is 4.28. The van der Waals surface area contributed by atoms with Gasteiger partial charge in [0, 0.05) is 31.3 Å². The molecule has 0 aliphatic carbocycles. The van der Waals surface area contributed by atoms with E-state index in [1.807, 2.05) is 53.6 Å². The molecule has 3 aromatic rings. The molecule has 3 heterocycles. The fourth-order valence-electron chi connectivity index (χ4n) is 3.56. The van der Waals surface area contributed by atoms with Crippen LogP contribution >= 0.6 is 0 Å². The van der Waals surface area contributed by atoms with Crippen molar-refractivity contribution in [1.82, 2.24) is 14.5 Å². The minimum Gasteiger partial charge on any atom is -0.497 e. The number of rotatable bonds is 5. The lowest BCUT2D eigenvalue weighted by molar-refractivity contribution is 0.0635. The second kappa shape index (κ2) is 7.70. The first-order valence-corrected chi connectivity index (χ1v) is 9.23. The van der Waals surface area contributed by atoms with Gasteiger partial charge in [0.05, 0.1) is 31.0 Å². The molecule has 1 aromatic carbocycles. The normalized spacial score (nSPS) is 17.1. The minimum absolute atomic E-state index is 0.0438. The number of aromatic nitrogens is 2. The van der Waals surface area contributed by atoms with Gasteiger partial charge in [-0.3, -0.25) is 4.79 Å². The molecule has 0 spiro atoms. The third-order valence-corrected chi connectivity index (χ3v) is 4.99. The van der Waals surface area contributed by atoms with Crippen LogP contribution in [0, 0.1) is 5.92 Å². The van der Waals surface area contributed by atoms with E-state index in [0.29, 0.717) is 24.6 Å². The summed E-state index contributed by atoms with van der Waals surface area (Å²) in [5.41, 5.74) is 1.50. The van der Waals surface area contributed by atoms with Gasteiger partial charge in [0.2, 0.25) is 0 Å². The molecule has 0 saturated carbocycles. The number of methoxy groups -OCH3 is 1. The molecule has 0 bridgehead atoms. The van der Waals surface area contributed by atoms with Crippen LogP contribution in [0.15, 0.2) is 54.9 Å². The Morgan fingerprint density at radius 2 is 2.11 bits per heavy atom. The fraction of sp³-hybridized carbons (Fsp3) is 0.333. The number of carbonyl (C=O) groups excluding carboxylic acids is 1. The molecule has 1 amide bonds. The molecule has 1 atom stereocenters. The Morgan fingerprint density at radius 1 is 1.22 bits per heavy atom. The molecule has 4 rings (SSSR count). The Balaban J connectivity index is 1.41. The third kappa shape index (κ3) is 3.74. The zero-order valence-electron chi connectivity index (χ0n) is 15.4. The molecule has 1 saturated heterocycles. The lowest BCUT2D eigenvalue weighted by Crippen LogP contribution is -2.41. The lowest BCUT2D eigenvalue weighted by atomic mass is 9.98. The maximum atomic E-state index is 13.0. The van der Waals surface area contributed by atoms with Gasteiger partial charge in [-0.2, -0.15) is 5.10 Å². The molecule has 0 radical (unpaired) electrons. The van der Waals surface area contributed by atoms with Crippen LogP contribution in [0.1, 0.15) is 23.2 Å². The first-order valence-electron chi connectivity index (χ1n) is 9.23. The first kappa shape index (κ1) is 17.4. The predicted octanol–water partition coefficient (Wildman–Crippen LogP) is 3.27. The smallest absolute Gasteiger partial charge is 0.257 e. The summed E-state index contributed by atoms with van der Waals surface area (Å²) in [6, 6.07) is 13.4. The van der Waals surface area contributed by atoms with E-state index in [1.165, 1.54) is 0 Å². The lowest BCUT2D eigenvalue weighted by Gasteiger charge is -2.32.